The van der Waals surface area contributed by atoms with Gasteiger partial charge in [0.1, 0.15) is 0 Å². The molecule has 6 aromatic carbocycles. The van der Waals surface area contributed by atoms with E-state index in [2.05, 4.69) is 91.0 Å². The van der Waals surface area contributed by atoms with Crippen molar-refractivity contribution in [2.24, 2.45) is 0 Å². The summed E-state index contributed by atoms with van der Waals surface area (Å²) in [6.45, 7) is 0. The molecule has 0 heterocycles. The molecule has 0 saturated carbocycles. The van der Waals surface area contributed by atoms with E-state index in [4.69, 9.17) is 0 Å². The van der Waals surface area contributed by atoms with E-state index in [0.717, 1.165) is 10.2 Å². The summed E-state index contributed by atoms with van der Waals surface area (Å²) in [5.74, 6) is 0. The van der Waals surface area contributed by atoms with Crippen molar-refractivity contribution >= 4 is 69.3 Å². The van der Waals surface area contributed by atoms with Gasteiger partial charge in [0.15, 0.2) is 0 Å². The quantitative estimate of drug-likeness (QED) is 0.193. The molecule has 0 fully saturated rings. The van der Waals surface area contributed by atoms with Crippen LogP contribution in [-0.4, -0.2) is 10.2 Å². The zero-order valence-corrected chi connectivity index (χ0v) is 17.2. The van der Waals surface area contributed by atoms with Crippen LogP contribution in [0.15, 0.2) is 91.0 Å². The molecule has 0 atom stereocenters. The van der Waals surface area contributed by atoms with Crippen molar-refractivity contribution in [3.63, 3.8) is 0 Å². The molecular weight excluding hydrogens is 340 g/mol. The van der Waals surface area contributed by atoms with Crippen molar-refractivity contribution in [3.8, 4) is 0 Å². The van der Waals surface area contributed by atoms with Crippen LogP contribution >= 0.6 is 0 Å². The molecule has 27 heavy (non-hydrogen) atoms. The highest BCUT2D eigenvalue weighted by Crippen LogP contribution is 2.33. The van der Waals surface area contributed by atoms with E-state index in [1.165, 1.54) is 59.0 Å². The highest BCUT2D eigenvalue weighted by atomic mass is 28.1. The molecule has 1 heteroatoms. The third-order valence-corrected chi connectivity index (χ3v) is 6.75. The van der Waals surface area contributed by atoms with Crippen LogP contribution in [0.5, 0.6) is 0 Å². The Balaban J connectivity index is 1.78. The van der Waals surface area contributed by atoms with Gasteiger partial charge in [0.25, 0.3) is 0 Å². The summed E-state index contributed by atoms with van der Waals surface area (Å²) in [5.41, 5.74) is 0. The fourth-order valence-corrected chi connectivity index (χ4v) is 5.06. The van der Waals surface area contributed by atoms with Gasteiger partial charge in [-0.25, -0.2) is 0 Å². The zero-order valence-electron chi connectivity index (χ0n) is 15.2. The van der Waals surface area contributed by atoms with Gasteiger partial charge in [-0.3, -0.25) is 0 Å². The second-order valence-corrected chi connectivity index (χ2v) is 8.63. The smallest absolute Gasteiger partial charge is 0.0393 e. The van der Waals surface area contributed by atoms with E-state index < -0.39 is 0 Å². The SMILES string of the molecule is [SiH3]c1cccc2cc3ccc4cc5cc6ccccc6cc5cc4c3cc12. The first-order chi connectivity index (χ1) is 13.3. The molecule has 0 amide bonds. The number of hydrogen-bond acceptors (Lipinski definition) is 0. The van der Waals surface area contributed by atoms with Crippen LogP contribution in [0.1, 0.15) is 0 Å². The summed E-state index contributed by atoms with van der Waals surface area (Å²) in [6, 6.07) is 33.9. The van der Waals surface area contributed by atoms with Gasteiger partial charge in [-0.2, -0.15) is 0 Å². The lowest BCUT2D eigenvalue weighted by Gasteiger charge is -2.10. The van der Waals surface area contributed by atoms with Gasteiger partial charge in [0.2, 0.25) is 0 Å². The minimum atomic E-state index is 1.07. The first-order valence-electron chi connectivity index (χ1n) is 9.45. The molecule has 0 unspecified atom stereocenters. The van der Waals surface area contributed by atoms with Crippen LogP contribution < -0.4 is 5.19 Å². The van der Waals surface area contributed by atoms with E-state index in [1.54, 1.807) is 0 Å². The molecule has 6 aromatic rings. The van der Waals surface area contributed by atoms with Gasteiger partial charge in [0.05, 0.1) is 0 Å². The lowest BCUT2D eigenvalue weighted by Crippen LogP contribution is -2.02. The average molecular weight is 359 g/mol. The fourth-order valence-electron chi connectivity index (χ4n) is 4.43. The first-order valence-corrected chi connectivity index (χ1v) is 10.4. The van der Waals surface area contributed by atoms with Crippen LogP contribution in [0.3, 0.4) is 0 Å². The predicted molar refractivity (Wildman–Crippen MR) is 124 cm³/mol. The molecule has 0 radical (unpaired) electrons. The Morgan fingerprint density at radius 3 is 1.63 bits per heavy atom. The maximum absolute atomic E-state index is 2.40. The average Bonchev–Trinajstić information content (AvgIpc) is 2.70. The van der Waals surface area contributed by atoms with Crippen molar-refractivity contribution in [2.45, 2.75) is 0 Å². The number of hydrogen-bond donors (Lipinski definition) is 0. The van der Waals surface area contributed by atoms with Gasteiger partial charge in [-0.1, -0.05) is 59.8 Å². The molecule has 126 valence electrons. The predicted octanol–water partition coefficient (Wildman–Crippen LogP) is 5.44. The monoisotopic (exact) mass is 358 g/mol. The van der Waals surface area contributed by atoms with Crippen LogP contribution in [0, 0.1) is 0 Å². The second-order valence-electron chi connectivity index (χ2n) is 7.55. The van der Waals surface area contributed by atoms with E-state index in [1.807, 2.05) is 0 Å². The maximum Gasteiger partial charge on any atom is 0.0393 e. The molecule has 0 N–H and O–H groups in total. The molecule has 0 aliphatic heterocycles. The first kappa shape index (κ1) is 14.9. The third-order valence-electron chi connectivity index (χ3n) is 5.87. The summed E-state index contributed by atoms with van der Waals surface area (Å²) < 4.78 is 0. The summed E-state index contributed by atoms with van der Waals surface area (Å²) >= 11 is 0. The summed E-state index contributed by atoms with van der Waals surface area (Å²) in [4.78, 5) is 0. The molecule has 6 rings (SSSR count). The molecule has 0 aliphatic carbocycles. The number of fused-ring (bicyclic) bond motifs is 6. The van der Waals surface area contributed by atoms with Gasteiger partial charge in [-0.05, 0) is 90.3 Å². The van der Waals surface area contributed by atoms with E-state index >= 15 is 0 Å². The number of benzene rings is 6. The number of rotatable bonds is 0. The van der Waals surface area contributed by atoms with Gasteiger partial charge in [-0.15, -0.1) is 0 Å². The van der Waals surface area contributed by atoms with Crippen molar-refractivity contribution < 1.29 is 0 Å². The lowest BCUT2D eigenvalue weighted by molar-refractivity contribution is 1.79. The third kappa shape index (κ3) is 2.22. The largest absolute Gasteiger partial charge is 0.0634 e. The van der Waals surface area contributed by atoms with Gasteiger partial charge in [0, 0.05) is 10.2 Å². The Labute approximate surface area is 160 Å². The van der Waals surface area contributed by atoms with Gasteiger partial charge < -0.3 is 0 Å². The Bertz CT molecular complexity index is 1530. The Morgan fingerprint density at radius 2 is 0.889 bits per heavy atom. The molecular formula is C26H18Si. The molecule has 0 nitrogen and oxygen atoms in total. The van der Waals surface area contributed by atoms with Crippen LogP contribution in [0.4, 0.5) is 0 Å². The molecule has 0 aliphatic rings. The fraction of sp³-hybridized carbons (Fsp3) is 0. The molecule has 0 spiro atoms. The Morgan fingerprint density at radius 1 is 0.370 bits per heavy atom. The van der Waals surface area contributed by atoms with Gasteiger partial charge >= 0.3 is 0 Å². The molecule has 0 bridgehead atoms. The lowest BCUT2D eigenvalue weighted by atomic mass is 9.95. The van der Waals surface area contributed by atoms with Crippen molar-refractivity contribution in [1.29, 1.82) is 0 Å². The standard InChI is InChI=1S/C26H18Si/c27-26-7-3-6-18-12-19-8-9-20-13-21-10-16-4-1-2-5-17(16)11-22(21)14-23(20)24(19)15-25(18)26/h1-15H,27H3. The van der Waals surface area contributed by atoms with E-state index in [-0.39, 0.29) is 0 Å². The minimum Gasteiger partial charge on any atom is -0.0634 e. The van der Waals surface area contributed by atoms with Crippen molar-refractivity contribution in [3.05, 3.63) is 91.0 Å². The molecule has 0 aromatic heterocycles. The minimum absolute atomic E-state index is 1.07. The Kier molecular flexibility index (Phi) is 3.00. The van der Waals surface area contributed by atoms with Crippen molar-refractivity contribution in [1.82, 2.24) is 0 Å². The molecule has 0 saturated heterocycles. The summed E-state index contributed by atoms with van der Waals surface area (Å²) in [5, 5.41) is 14.8. The maximum atomic E-state index is 2.40. The Hall–Kier alpha value is -3.16. The normalized spacial score (nSPS) is 12.0. The highest BCUT2D eigenvalue weighted by molar-refractivity contribution is 6.39. The summed E-state index contributed by atoms with van der Waals surface area (Å²) in [6.07, 6.45) is 0. The van der Waals surface area contributed by atoms with Crippen LogP contribution in [0.25, 0.3) is 53.9 Å². The van der Waals surface area contributed by atoms with Crippen LogP contribution in [-0.2, 0) is 0 Å². The van der Waals surface area contributed by atoms with Crippen molar-refractivity contribution in [2.75, 3.05) is 0 Å². The topological polar surface area (TPSA) is 0 Å². The van der Waals surface area contributed by atoms with Crippen LogP contribution in [0.2, 0.25) is 0 Å². The van der Waals surface area contributed by atoms with E-state index in [9.17, 15) is 0 Å². The second kappa shape index (κ2) is 5.42. The highest BCUT2D eigenvalue weighted by Gasteiger charge is 2.07. The zero-order chi connectivity index (χ0) is 18.0. The van der Waals surface area contributed by atoms with E-state index in [0.29, 0.717) is 0 Å². The summed E-state index contributed by atoms with van der Waals surface area (Å²) in [7, 11) is 1.07.